The van der Waals surface area contributed by atoms with Crippen molar-refractivity contribution in [2.45, 2.75) is 12.7 Å². The van der Waals surface area contributed by atoms with Gasteiger partial charge in [0.15, 0.2) is 11.5 Å². The zero-order valence-electron chi connectivity index (χ0n) is 9.49. The number of hydrogen-bond donors (Lipinski definition) is 0. The van der Waals surface area contributed by atoms with Gasteiger partial charge in [-0.3, -0.25) is 9.48 Å². The van der Waals surface area contributed by atoms with Crippen LogP contribution >= 0.6 is 0 Å². The summed E-state index contributed by atoms with van der Waals surface area (Å²) in [5.74, 6) is -1.10. The molecule has 0 saturated heterocycles. The summed E-state index contributed by atoms with van der Waals surface area (Å²) in [5, 5.41) is 3.25. The van der Waals surface area contributed by atoms with Crippen LogP contribution in [0.4, 0.5) is 17.6 Å². The molecular weight excluding hydrogens is 264 g/mol. The zero-order chi connectivity index (χ0) is 14.0. The molecule has 1 heterocycles. The maximum atomic E-state index is 12.9. The Hall–Kier alpha value is -2.18. The molecule has 2 aromatic rings. The summed E-state index contributed by atoms with van der Waals surface area (Å²) < 4.78 is 50.7. The molecular formula is C12H8F4N2O. The Kier molecular flexibility index (Phi) is 3.37. The number of Topliss-reactive ketones (excluding diaryl/α,β-unsaturated/α-hetero) is 1. The Morgan fingerprint density at radius 1 is 1.26 bits per heavy atom. The second-order valence-electron chi connectivity index (χ2n) is 3.83. The van der Waals surface area contributed by atoms with Gasteiger partial charge >= 0.3 is 6.18 Å². The monoisotopic (exact) mass is 272 g/mol. The molecule has 0 unspecified atom stereocenters. The van der Waals surface area contributed by atoms with E-state index in [2.05, 4.69) is 5.10 Å². The SMILES string of the molecule is O=C(Cn1ccc(C(F)(F)F)n1)c1cccc(F)c1. The number of benzene rings is 1. The topological polar surface area (TPSA) is 34.9 Å². The standard InChI is InChI=1S/C12H8F4N2O/c13-9-3-1-2-8(6-9)10(19)7-18-5-4-11(17-18)12(14,15)16/h1-6H,7H2. The fraction of sp³-hybridized carbons (Fsp3) is 0.167. The van der Waals surface area contributed by atoms with E-state index in [-0.39, 0.29) is 12.1 Å². The largest absolute Gasteiger partial charge is 0.435 e. The van der Waals surface area contributed by atoms with Crippen LogP contribution < -0.4 is 0 Å². The van der Waals surface area contributed by atoms with E-state index < -0.39 is 23.5 Å². The van der Waals surface area contributed by atoms with E-state index in [1.54, 1.807) is 0 Å². The number of alkyl halides is 3. The van der Waals surface area contributed by atoms with Crippen molar-refractivity contribution in [1.82, 2.24) is 9.78 Å². The highest BCUT2D eigenvalue weighted by Gasteiger charge is 2.33. The van der Waals surface area contributed by atoms with Gasteiger partial charge in [-0.25, -0.2) is 4.39 Å². The molecule has 0 saturated carbocycles. The van der Waals surface area contributed by atoms with Gasteiger partial charge in [0.05, 0.1) is 0 Å². The summed E-state index contributed by atoms with van der Waals surface area (Å²) in [6.07, 6.45) is -3.49. The maximum absolute atomic E-state index is 12.9. The summed E-state index contributed by atoms with van der Waals surface area (Å²) in [5.41, 5.74) is -0.983. The molecule has 19 heavy (non-hydrogen) atoms. The Labute approximate surface area is 105 Å². The number of nitrogens with zero attached hydrogens (tertiary/aromatic N) is 2. The number of halogens is 4. The first-order chi connectivity index (χ1) is 8.86. The van der Waals surface area contributed by atoms with Gasteiger partial charge in [-0.1, -0.05) is 12.1 Å². The van der Waals surface area contributed by atoms with Gasteiger partial charge in [-0.2, -0.15) is 18.3 Å². The van der Waals surface area contributed by atoms with Crippen molar-refractivity contribution in [2.24, 2.45) is 0 Å². The van der Waals surface area contributed by atoms with Crippen LogP contribution in [-0.4, -0.2) is 15.6 Å². The highest BCUT2D eigenvalue weighted by atomic mass is 19.4. The van der Waals surface area contributed by atoms with E-state index in [0.717, 1.165) is 23.0 Å². The lowest BCUT2D eigenvalue weighted by atomic mass is 10.1. The van der Waals surface area contributed by atoms with Gasteiger partial charge in [0.25, 0.3) is 0 Å². The van der Waals surface area contributed by atoms with Crippen LogP contribution in [0.2, 0.25) is 0 Å². The second kappa shape index (κ2) is 4.83. The van der Waals surface area contributed by atoms with Gasteiger partial charge < -0.3 is 0 Å². The molecule has 0 aliphatic rings. The predicted molar refractivity (Wildman–Crippen MR) is 58.0 cm³/mol. The van der Waals surface area contributed by atoms with Gasteiger partial charge in [0, 0.05) is 11.8 Å². The van der Waals surface area contributed by atoms with Crippen LogP contribution in [0.3, 0.4) is 0 Å². The average Bonchev–Trinajstić information content (AvgIpc) is 2.77. The minimum absolute atomic E-state index is 0.0871. The lowest BCUT2D eigenvalue weighted by molar-refractivity contribution is -0.141. The number of rotatable bonds is 3. The van der Waals surface area contributed by atoms with E-state index in [4.69, 9.17) is 0 Å². The quantitative estimate of drug-likeness (QED) is 0.636. The van der Waals surface area contributed by atoms with Gasteiger partial charge in [-0.05, 0) is 18.2 Å². The van der Waals surface area contributed by atoms with Crippen molar-refractivity contribution in [3.63, 3.8) is 0 Å². The smallest absolute Gasteiger partial charge is 0.292 e. The highest BCUT2D eigenvalue weighted by molar-refractivity contribution is 5.95. The van der Waals surface area contributed by atoms with E-state index in [0.29, 0.717) is 0 Å². The Morgan fingerprint density at radius 3 is 2.58 bits per heavy atom. The molecule has 0 fully saturated rings. The molecule has 0 aliphatic carbocycles. The van der Waals surface area contributed by atoms with E-state index in [1.165, 1.54) is 18.2 Å². The number of carbonyl (C=O) groups is 1. The third-order valence-electron chi connectivity index (χ3n) is 2.38. The highest BCUT2D eigenvalue weighted by Crippen LogP contribution is 2.27. The molecule has 3 nitrogen and oxygen atoms in total. The van der Waals surface area contributed by atoms with Crippen LogP contribution in [0.15, 0.2) is 36.5 Å². The maximum Gasteiger partial charge on any atom is 0.435 e. The van der Waals surface area contributed by atoms with Crippen molar-refractivity contribution in [3.05, 3.63) is 53.6 Å². The molecule has 0 aliphatic heterocycles. The molecule has 2 rings (SSSR count). The molecule has 1 aromatic carbocycles. The van der Waals surface area contributed by atoms with Gasteiger partial charge in [0.1, 0.15) is 12.4 Å². The molecule has 1 aromatic heterocycles. The van der Waals surface area contributed by atoms with Crippen molar-refractivity contribution >= 4 is 5.78 Å². The number of carbonyl (C=O) groups excluding carboxylic acids is 1. The first kappa shape index (κ1) is 13.3. The number of ketones is 1. The average molecular weight is 272 g/mol. The summed E-state index contributed by atoms with van der Waals surface area (Å²) in [6.45, 7) is -0.375. The van der Waals surface area contributed by atoms with E-state index in [1.807, 2.05) is 0 Å². The molecule has 0 N–H and O–H groups in total. The van der Waals surface area contributed by atoms with Gasteiger partial charge in [-0.15, -0.1) is 0 Å². The molecule has 0 amide bonds. The van der Waals surface area contributed by atoms with Crippen molar-refractivity contribution in [1.29, 1.82) is 0 Å². The molecule has 0 radical (unpaired) electrons. The fourth-order valence-electron chi connectivity index (χ4n) is 1.50. The number of hydrogen-bond acceptors (Lipinski definition) is 2. The minimum Gasteiger partial charge on any atom is -0.292 e. The first-order valence-corrected chi connectivity index (χ1v) is 5.26. The second-order valence-corrected chi connectivity index (χ2v) is 3.83. The lowest BCUT2D eigenvalue weighted by Gasteiger charge is -2.03. The molecule has 100 valence electrons. The van der Waals surface area contributed by atoms with E-state index >= 15 is 0 Å². The minimum atomic E-state index is -4.55. The van der Waals surface area contributed by atoms with Crippen molar-refractivity contribution < 1.29 is 22.4 Å². The Bertz CT molecular complexity index is 604. The van der Waals surface area contributed by atoms with Crippen molar-refractivity contribution in [3.8, 4) is 0 Å². The van der Waals surface area contributed by atoms with Gasteiger partial charge in [0.2, 0.25) is 0 Å². The fourth-order valence-corrected chi connectivity index (χ4v) is 1.50. The van der Waals surface area contributed by atoms with Crippen molar-refractivity contribution in [2.75, 3.05) is 0 Å². The first-order valence-electron chi connectivity index (χ1n) is 5.26. The zero-order valence-corrected chi connectivity index (χ0v) is 9.49. The predicted octanol–water partition coefficient (Wildman–Crippen LogP) is 2.92. The molecule has 7 heteroatoms. The molecule has 0 atom stereocenters. The van der Waals surface area contributed by atoms with Crippen LogP contribution in [0.25, 0.3) is 0 Å². The molecule has 0 bridgehead atoms. The lowest BCUT2D eigenvalue weighted by Crippen LogP contribution is -2.13. The summed E-state index contributed by atoms with van der Waals surface area (Å²) in [7, 11) is 0. The third-order valence-corrected chi connectivity index (χ3v) is 2.38. The molecule has 0 spiro atoms. The third kappa shape index (κ3) is 3.18. The van der Waals surface area contributed by atoms with Crippen LogP contribution in [0.1, 0.15) is 16.1 Å². The van der Waals surface area contributed by atoms with E-state index in [9.17, 15) is 22.4 Å². The summed E-state index contributed by atoms with van der Waals surface area (Å²) >= 11 is 0. The normalized spacial score (nSPS) is 11.6. The van der Waals surface area contributed by atoms with Crippen LogP contribution in [0, 0.1) is 5.82 Å². The Morgan fingerprint density at radius 2 is 2.00 bits per heavy atom. The summed E-state index contributed by atoms with van der Waals surface area (Å²) in [6, 6.07) is 5.72. The van der Waals surface area contributed by atoms with Crippen LogP contribution in [0.5, 0.6) is 0 Å². The summed E-state index contributed by atoms with van der Waals surface area (Å²) in [4.78, 5) is 11.7. The number of aromatic nitrogens is 2. The Balaban J connectivity index is 2.13. The van der Waals surface area contributed by atoms with Crippen LogP contribution in [-0.2, 0) is 12.7 Å².